The summed E-state index contributed by atoms with van der Waals surface area (Å²) in [5, 5.41) is 15.7. The third-order valence-electron chi connectivity index (χ3n) is 5.21. The number of aromatic nitrogens is 1. The highest BCUT2D eigenvalue weighted by Gasteiger charge is 2.17. The number of sulfonamides is 1. The number of ether oxygens (including phenoxy) is 1. The first-order valence-corrected chi connectivity index (χ1v) is 12.0. The largest absolute Gasteiger partial charge is 0.494 e. The van der Waals surface area contributed by atoms with Crippen LogP contribution in [0.4, 0.5) is 0 Å². The number of nitrogens with one attached hydrogen (secondary N) is 1. The minimum atomic E-state index is -3.96. The molecule has 0 saturated heterocycles. The molecule has 0 atom stereocenters. The van der Waals surface area contributed by atoms with Gasteiger partial charge in [-0.3, -0.25) is 4.79 Å². The van der Waals surface area contributed by atoms with Crippen LogP contribution in [0, 0.1) is 6.92 Å². The third-order valence-corrected chi connectivity index (χ3v) is 6.45. The first-order valence-electron chi connectivity index (χ1n) is 10.5. The monoisotopic (exact) mass is 477 g/mol. The number of aryl methyl sites for hydroxylation is 1. The maximum Gasteiger partial charge on any atom is 0.276 e. The topological polar surface area (TPSA) is 110 Å². The minimum absolute atomic E-state index is 0.00630. The Labute approximate surface area is 196 Å². The van der Waals surface area contributed by atoms with E-state index < -0.39 is 15.6 Å². The van der Waals surface area contributed by atoms with E-state index in [1.165, 1.54) is 22.9 Å². The molecular weight excluding hydrogens is 454 g/mol. The Bertz CT molecular complexity index is 1520. The second-order valence-electron chi connectivity index (χ2n) is 7.52. The molecule has 0 fully saturated rings. The van der Waals surface area contributed by atoms with Gasteiger partial charge in [0.25, 0.3) is 15.6 Å². The Morgan fingerprint density at radius 2 is 1.65 bits per heavy atom. The van der Waals surface area contributed by atoms with Gasteiger partial charge in [-0.15, -0.1) is 0 Å². The Balaban J connectivity index is 1.74. The van der Waals surface area contributed by atoms with Crippen molar-refractivity contribution < 1.29 is 18.3 Å². The molecule has 0 spiro atoms. The normalized spacial score (nSPS) is 11.7. The van der Waals surface area contributed by atoms with Crippen LogP contribution in [-0.2, 0) is 10.0 Å². The summed E-state index contributed by atoms with van der Waals surface area (Å²) in [4.78, 5) is 15.3. The Hall–Kier alpha value is -4.11. The Morgan fingerprint density at radius 1 is 1.00 bits per heavy atom. The number of rotatable bonds is 7. The molecule has 2 N–H and O–H groups in total. The quantitative estimate of drug-likeness (QED) is 0.311. The molecule has 0 aliphatic heterocycles. The summed E-state index contributed by atoms with van der Waals surface area (Å²) in [5.74, 6) is 0.205. The molecular formula is C25H23N3O5S. The van der Waals surface area contributed by atoms with E-state index in [1.807, 2.05) is 26.0 Å². The van der Waals surface area contributed by atoms with Crippen molar-refractivity contribution in [2.45, 2.75) is 18.7 Å². The molecule has 1 heterocycles. The van der Waals surface area contributed by atoms with E-state index in [4.69, 9.17) is 4.74 Å². The van der Waals surface area contributed by atoms with Crippen molar-refractivity contribution >= 4 is 27.0 Å². The fraction of sp³-hybridized carbons (Fsp3) is 0.120. The van der Waals surface area contributed by atoms with Gasteiger partial charge < -0.3 is 9.84 Å². The van der Waals surface area contributed by atoms with Gasteiger partial charge >= 0.3 is 0 Å². The van der Waals surface area contributed by atoms with Crippen LogP contribution in [0.5, 0.6) is 11.6 Å². The summed E-state index contributed by atoms with van der Waals surface area (Å²) < 4.78 is 31.8. The van der Waals surface area contributed by atoms with Gasteiger partial charge in [-0.05, 0) is 56.3 Å². The summed E-state index contributed by atoms with van der Waals surface area (Å²) >= 11 is 0. The maximum absolute atomic E-state index is 13.1. The van der Waals surface area contributed by atoms with Crippen LogP contribution in [0.25, 0.3) is 16.5 Å². The van der Waals surface area contributed by atoms with Crippen molar-refractivity contribution in [2.24, 2.45) is 5.10 Å². The summed E-state index contributed by atoms with van der Waals surface area (Å²) in [7, 11) is -3.96. The maximum atomic E-state index is 13.1. The van der Waals surface area contributed by atoms with E-state index in [0.29, 0.717) is 28.8 Å². The average molecular weight is 478 g/mol. The smallest absolute Gasteiger partial charge is 0.276 e. The van der Waals surface area contributed by atoms with Crippen LogP contribution in [0.15, 0.2) is 87.6 Å². The number of nitrogens with zero attached hydrogens (tertiary/aromatic N) is 2. The zero-order valence-corrected chi connectivity index (χ0v) is 19.4. The van der Waals surface area contributed by atoms with Gasteiger partial charge in [-0.2, -0.15) is 13.5 Å². The minimum Gasteiger partial charge on any atom is -0.494 e. The Kier molecular flexibility index (Phi) is 6.38. The molecule has 174 valence electrons. The highest BCUT2D eigenvalue weighted by Crippen LogP contribution is 2.26. The zero-order chi connectivity index (χ0) is 24.3. The summed E-state index contributed by atoms with van der Waals surface area (Å²) in [6.07, 6.45) is 1.19. The van der Waals surface area contributed by atoms with E-state index in [1.54, 1.807) is 48.5 Å². The second kappa shape index (κ2) is 9.40. The number of hydrogen-bond acceptors (Lipinski definition) is 6. The van der Waals surface area contributed by atoms with Crippen LogP contribution in [0.2, 0.25) is 0 Å². The van der Waals surface area contributed by atoms with Crippen molar-refractivity contribution in [1.29, 1.82) is 0 Å². The zero-order valence-electron chi connectivity index (χ0n) is 18.6. The molecule has 8 nitrogen and oxygen atoms in total. The fourth-order valence-corrected chi connectivity index (χ4v) is 4.31. The van der Waals surface area contributed by atoms with Crippen LogP contribution in [-0.4, -0.2) is 30.9 Å². The molecule has 9 heteroatoms. The number of benzene rings is 3. The van der Waals surface area contributed by atoms with E-state index in [0.717, 1.165) is 5.56 Å². The predicted octanol–water partition coefficient (Wildman–Crippen LogP) is 3.72. The lowest BCUT2D eigenvalue weighted by Gasteiger charge is -2.14. The highest BCUT2D eigenvalue weighted by molar-refractivity contribution is 7.89. The standard InChI is InChI=1S/C25H23N3O5S/c1-3-33-19-12-14-20(15-13-19)34(31,32)27-26-16-23-21-6-4-5-7-22(21)24(29)28(25(23)30)18-10-8-17(2)9-11-18/h4-16,27,30H,3H2,1-2H3/b26-16+. The van der Waals surface area contributed by atoms with Crippen LogP contribution in [0.1, 0.15) is 18.1 Å². The molecule has 4 aromatic rings. The summed E-state index contributed by atoms with van der Waals surface area (Å²) in [5.41, 5.74) is 1.28. The number of hydrogen-bond donors (Lipinski definition) is 2. The van der Waals surface area contributed by atoms with Crippen molar-refractivity contribution in [3.8, 4) is 17.3 Å². The molecule has 3 aromatic carbocycles. The van der Waals surface area contributed by atoms with E-state index in [9.17, 15) is 18.3 Å². The van der Waals surface area contributed by atoms with E-state index in [2.05, 4.69) is 9.93 Å². The van der Waals surface area contributed by atoms with Gasteiger partial charge in [0, 0.05) is 10.8 Å². The molecule has 0 bridgehead atoms. The first kappa shape index (κ1) is 23.1. The van der Waals surface area contributed by atoms with E-state index in [-0.39, 0.29) is 16.3 Å². The van der Waals surface area contributed by atoms with Crippen LogP contribution < -0.4 is 15.1 Å². The molecule has 0 amide bonds. The van der Waals surface area contributed by atoms with Crippen LogP contribution >= 0.6 is 0 Å². The van der Waals surface area contributed by atoms with Gasteiger partial charge in [0.15, 0.2) is 0 Å². The lowest BCUT2D eigenvalue weighted by molar-refractivity contribution is 0.340. The lowest BCUT2D eigenvalue weighted by atomic mass is 10.1. The van der Waals surface area contributed by atoms with E-state index >= 15 is 0 Å². The molecule has 0 unspecified atom stereocenters. The number of aromatic hydroxyl groups is 1. The van der Waals surface area contributed by atoms with Gasteiger partial charge in [0.05, 0.1) is 29.0 Å². The van der Waals surface area contributed by atoms with Gasteiger partial charge in [-0.25, -0.2) is 9.40 Å². The summed E-state index contributed by atoms with van der Waals surface area (Å²) in [6.45, 7) is 4.22. The number of hydrazone groups is 1. The summed E-state index contributed by atoms with van der Waals surface area (Å²) in [6, 6.07) is 19.8. The lowest BCUT2D eigenvalue weighted by Crippen LogP contribution is -2.21. The van der Waals surface area contributed by atoms with Crippen molar-refractivity contribution in [3.05, 3.63) is 94.3 Å². The van der Waals surface area contributed by atoms with Crippen molar-refractivity contribution in [1.82, 2.24) is 9.40 Å². The molecule has 0 saturated carbocycles. The SMILES string of the molecule is CCOc1ccc(S(=O)(=O)N/N=C/c2c(O)n(-c3ccc(C)cc3)c(=O)c3ccccc23)cc1. The number of pyridine rings is 1. The number of fused-ring (bicyclic) bond motifs is 1. The molecule has 4 rings (SSSR count). The second-order valence-corrected chi connectivity index (χ2v) is 9.18. The molecule has 1 aromatic heterocycles. The third kappa shape index (κ3) is 4.51. The van der Waals surface area contributed by atoms with Crippen molar-refractivity contribution in [2.75, 3.05) is 6.61 Å². The molecule has 0 aliphatic rings. The van der Waals surface area contributed by atoms with Gasteiger partial charge in [-0.1, -0.05) is 35.9 Å². The Morgan fingerprint density at radius 3 is 2.29 bits per heavy atom. The van der Waals surface area contributed by atoms with Gasteiger partial charge in [0.1, 0.15) is 5.75 Å². The highest BCUT2D eigenvalue weighted by atomic mass is 32.2. The molecule has 0 aliphatic carbocycles. The van der Waals surface area contributed by atoms with Crippen LogP contribution in [0.3, 0.4) is 0 Å². The average Bonchev–Trinajstić information content (AvgIpc) is 2.83. The first-order chi connectivity index (χ1) is 16.3. The predicted molar refractivity (Wildman–Crippen MR) is 131 cm³/mol. The molecule has 34 heavy (non-hydrogen) atoms. The molecule has 0 radical (unpaired) electrons. The van der Waals surface area contributed by atoms with Crippen molar-refractivity contribution in [3.63, 3.8) is 0 Å². The fourth-order valence-electron chi connectivity index (χ4n) is 3.52. The van der Waals surface area contributed by atoms with Gasteiger partial charge in [0.2, 0.25) is 5.88 Å².